The van der Waals surface area contributed by atoms with Gasteiger partial charge in [0.2, 0.25) is 11.8 Å². The van der Waals surface area contributed by atoms with Gasteiger partial charge >= 0.3 is 0 Å². The Hall–Kier alpha value is -0.890. The standard InChI is InChI=1S/C13H13Cl2N3O2S2/c1-7(22-13-18-17-11(20-13)6-21-2)12(19)16-8-3-4-9(14)10(15)5-8/h3-5,7H,6H2,1-2H3,(H,16,19). The van der Waals surface area contributed by atoms with Crippen LogP contribution < -0.4 is 5.32 Å². The van der Waals surface area contributed by atoms with Crippen molar-refractivity contribution in [1.82, 2.24) is 10.2 Å². The van der Waals surface area contributed by atoms with Crippen LogP contribution in [0.4, 0.5) is 5.69 Å². The molecule has 0 bridgehead atoms. The van der Waals surface area contributed by atoms with Crippen molar-refractivity contribution in [2.24, 2.45) is 0 Å². The fourth-order valence-corrected chi connectivity index (χ4v) is 2.85. The lowest BCUT2D eigenvalue weighted by Gasteiger charge is -2.10. The summed E-state index contributed by atoms with van der Waals surface area (Å²) in [5.74, 6) is 1.01. The van der Waals surface area contributed by atoms with Gasteiger partial charge in [-0.3, -0.25) is 4.79 Å². The van der Waals surface area contributed by atoms with Crippen LogP contribution in [-0.2, 0) is 10.5 Å². The van der Waals surface area contributed by atoms with Crippen LogP contribution in [0.5, 0.6) is 0 Å². The molecule has 1 amide bonds. The summed E-state index contributed by atoms with van der Waals surface area (Å²) in [7, 11) is 0. The number of carbonyl (C=O) groups is 1. The number of hydrogen-bond donors (Lipinski definition) is 1. The van der Waals surface area contributed by atoms with Crippen molar-refractivity contribution in [2.75, 3.05) is 11.6 Å². The van der Waals surface area contributed by atoms with E-state index in [-0.39, 0.29) is 5.91 Å². The highest BCUT2D eigenvalue weighted by molar-refractivity contribution is 8.00. The van der Waals surface area contributed by atoms with Crippen LogP contribution in [0.1, 0.15) is 12.8 Å². The van der Waals surface area contributed by atoms with Crippen LogP contribution in [0.25, 0.3) is 0 Å². The molecular weight excluding hydrogens is 365 g/mol. The van der Waals surface area contributed by atoms with Gasteiger partial charge < -0.3 is 9.73 Å². The molecule has 2 aromatic rings. The number of benzene rings is 1. The largest absolute Gasteiger partial charge is 0.415 e. The Kier molecular flexibility index (Phi) is 6.43. The summed E-state index contributed by atoms with van der Waals surface area (Å²) in [6.45, 7) is 1.76. The molecule has 0 saturated carbocycles. The molecule has 22 heavy (non-hydrogen) atoms. The Morgan fingerprint density at radius 3 is 2.82 bits per heavy atom. The van der Waals surface area contributed by atoms with Gasteiger partial charge in [-0.05, 0) is 31.4 Å². The first kappa shape index (κ1) is 17.5. The normalized spacial score (nSPS) is 12.2. The minimum absolute atomic E-state index is 0.187. The number of carbonyl (C=O) groups excluding carboxylic acids is 1. The Bertz CT molecular complexity index is 666. The van der Waals surface area contributed by atoms with Crippen LogP contribution in [0.2, 0.25) is 10.0 Å². The molecule has 0 aliphatic rings. The number of amides is 1. The Balaban J connectivity index is 1.94. The van der Waals surface area contributed by atoms with Gasteiger partial charge in [0.15, 0.2) is 0 Å². The number of nitrogens with zero attached hydrogens (tertiary/aromatic N) is 2. The zero-order chi connectivity index (χ0) is 16.1. The van der Waals surface area contributed by atoms with Crippen molar-refractivity contribution in [3.63, 3.8) is 0 Å². The average Bonchev–Trinajstić information content (AvgIpc) is 2.90. The SMILES string of the molecule is CSCc1nnc(SC(C)C(=O)Nc2ccc(Cl)c(Cl)c2)o1. The number of anilines is 1. The zero-order valence-corrected chi connectivity index (χ0v) is 14.9. The van der Waals surface area contributed by atoms with Crippen LogP contribution in [0.3, 0.4) is 0 Å². The van der Waals surface area contributed by atoms with Gasteiger partial charge in [-0.2, -0.15) is 11.8 Å². The van der Waals surface area contributed by atoms with Crippen molar-refractivity contribution in [3.05, 3.63) is 34.1 Å². The zero-order valence-electron chi connectivity index (χ0n) is 11.8. The van der Waals surface area contributed by atoms with Gasteiger partial charge in [0.25, 0.3) is 5.22 Å². The summed E-state index contributed by atoms with van der Waals surface area (Å²) in [5, 5.41) is 11.4. The summed E-state index contributed by atoms with van der Waals surface area (Å²) in [6.07, 6.45) is 1.95. The maximum atomic E-state index is 12.1. The Morgan fingerprint density at radius 2 is 2.14 bits per heavy atom. The molecule has 0 aliphatic heterocycles. The molecule has 0 radical (unpaired) electrons. The quantitative estimate of drug-likeness (QED) is 0.754. The van der Waals surface area contributed by atoms with Crippen molar-refractivity contribution in [2.45, 2.75) is 23.1 Å². The highest BCUT2D eigenvalue weighted by Gasteiger charge is 2.18. The van der Waals surface area contributed by atoms with Gasteiger partial charge in [0.05, 0.1) is 21.0 Å². The molecule has 0 aliphatic carbocycles. The number of aromatic nitrogens is 2. The molecular formula is C13H13Cl2N3O2S2. The first-order chi connectivity index (χ1) is 10.5. The number of nitrogens with one attached hydrogen (secondary N) is 1. The summed E-state index contributed by atoms with van der Waals surface area (Å²) in [4.78, 5) is 12.1. The molecule has 1 atom stereocenters. The molecule has 0 spiro atoms. The predicted molar refractivity (Wildman–Crippen MR) is 91.9 cm³/mol. The molecule has 1 N–H and O–H groups in total. The van der Waals surface area contributed by atoms with Crippen LogP contribution in [0, 0.1) is 0 Å². The van der Waals surface area contributed by atoms with Crippen molar-refractivity contribution < 1.29 is 9.21 Å². The first-order valence-electron chi connectivity index (χ1n) is 6.23. The molecule has 0 fully saturated rings. The number of thioether (sulfide) groups is 2. The molecule has 118 valence electrons. The molecule has 1 aromatic carbocycles. The summed E-state index contributed by atoms with van der Waals surface area (Å²) >= 11 is 14.5. The monoisotopic (exact) mass is 377 g/mol. The van der Waals surface area contributed by atoms with Crippen molar-refractivity contribution in [3.8, 4) is 0 Å². The van der Waals surface area contributed by atoms with Crippen LogP contribution in [0.15, 0.2) is 27.8 Å². The van der Waals surface area contributed by atoms with E-state index in [0.29, 0.717) is 32.6 Å². The summed E-state index contributed by atoms with van der Waals surface area (Å²) in [5.41, 5.74) is 0.584. The van der Waals surface area contributed by atoms with Crippen LogP contribution >= 0.6 is 46.7 Å². The second-order valence-corrected chi connectivity index (χ2v) is 7.25. The number of rotatable bonds is 6. The van der Waals surface area contributed by atoms with Crippen molar-refractivity contribution >= 4 is 58.3 Å². The van der Waals surface area contributed by atoms with Gasteiger partial charge in [0.1, 0.15) is 0 Å². The third kappa shape index (κ3) is 4.81. The lowest BCUT2D eigenvalue weighted by molar-refractivity contribution is -0.115. The smallest absolute Gasteiger partial charge is 0.277 e. The van der Waals surface area contributed by atoms with Crippen molar-refractivity contribution in [1.29, 1.82) is 0 Å². The molecule has 0 saturated heterocycles. The van der Waals surface area contributed by atoms with Gasteiger partial charge in [0, 0.05) is 5.69 Å². The van der Waals surface area contributed by atoms with E-state index in [1.54, 1.807) is 36.9 Å². The third-order valence-electron chi connectivity index (χ3n) is 2.55. The van der Waals surface area contributed by atoms with E-state index >= 15 is 0 Å². The topological polar surface area (TPSA) is 68.0 Å². The first-order valence-corrected chi connectivity index (χ1v) is 9.26. The van der Waals surface area contributed by atoms with Gasteiger partial charge in [-0.15, -0.1) is 10.2 Å². The third-order valence-corrected chi connectivity index (χ3v) is 4.76. The predicted octanol–water partition coefficient (Wildman–Crippen LogP) is 4.36. The molecule has 9 heteroatoms. The van der Waals surface area contributed by atoms with E-state index < -0.39 is 5.25 Å². The second kappa shape index (κ2) is 8.10. The maximum absolute atomic E-state index is 12.1. The van der Waals surface area contributed by atoms with E-state index in [2.05, 4.69) is 15.5 Å². The van der Waals surface area contributed by atoms with E-state index in [4.69, 9.17) is 27.6 Å². The van der Waals surface area contributed by atoms with E-state index in [9.17, 15) is 4.79 Å². The Morgan fingerprint density at radius 1 is 1.36 bits per heavy atom. The van der Waals surface area contributed by atoms with E-state index in [0.717, 1.165) is 0 Å². The maximum Gasteiger partial charge on any atom is 0.277 e. The molecule has 1 unspecified atom stereocenters. The fourth-order valence-electron chi connectivity index (χ4n) is 1.49. The summed E-state index contributed by atoms with van der Waals surface area (Å²) < 4.78 is 5.43. The van der Waals surface area contributed by atoms with E-state index in [1.807, 2.05) is 6.26 Å². The lowest BCUT2D eigenvalue weighted by atomic mass is 10.3. The number of halogens is 2. The highest BCUT2D eigenvalue weighted by atomic mass is 35.5. The molecule has 2 rings (SSSR count). The highest BCUT2D eigenvalue weighted by Crippen LogP contribution is 2.27. The molecule has 5 nitrogen and oxygen atoms in total. The fraction of sp³-hybridized carbons (Fsp3) is 0.308. The molecule has 1 heterocycles. The van der Waals surface area contributed by atoms with Gasteiger partial charge in [-0.25, -0.2) is 0 Å². The summed E-state index contributed by atoms with van der Waals surface area (Å²) in [6, 6.07) is 4.92. The lowest BCUT2D eigenvalue weighted by Crippen LogP contribution is -2.22. The minimum Gasteiger partial charge on any atom is -0.415 e. The van der Waals surface area contributed by atoms with Crippen LogP contribution in [-0.4, -0.2) is 27.6 Å². The average molecular weight is 378 g/mol. The number of hydrogen-bond acceptors (Lipinski definition) is 6. The second-order valence-electron chi connectivity index (χ2n) is 4.27. The molecule has 1 aromatic heterocycles. The Labute approximate surface area is 146 Å². The van der Waals surface area contributed by atoms with E-state index in [1.165, 1.54) is 11.8 Å². The van der Waals surface area contributed by atoms with Gasteiger partial charge in [-0.1, -0.05) is 35.0 Å². The minimum atomic E-state index is -0.392.